The van der Waals surface area contributed by atoms with Crippen molar-refractivity contribution >= 4 is 25.7 Å². The number of hydrogen-bond acceptors (Lipinski definition) is 11. The van der Waals surface area contributed by atoms with Gasteiger partial charge in [0.2, 0.25) is 5.91 Å². The molecule has 0 aliphatic carbocycles. The molecular formula is C45H86NO13P. The molecule has 0 aromatic heterocycles. The van der Waals surface area contributed by atoms with E-state index < -0.39 is 81.5 Å². The summed E-state index contributed by atoms with van der Waals surface area (Å²) in [5.41, 5.74) is 0. The number of hydrogen-bond donors (Lipinski definition) is 6. The summed E-state index contributed by atoms with van der Waals surface area (Å²) in [6.07, 6.45) is 19.5. The smallest absolute Gasteiger partial charge is 0.462 e. The van der Waals surface area contributed by atoms with E-state index in [4.69, 9.17) is 18.7 Å². The second-order valence-corrected chi connectivity index (χ2v) is 18.2. The van der Waals surface area contributed by atoms with E-state index in [1.54, 1.807) is 0 Å². The molecule has 1 fully saturated rings. The molecule has 0 aromatic carbocycles. The second-order valence-electron chi connectivity index (χ2n) is 17.0. The molecule has 1 saturated heterocycles. The number of esters is 2. The molecule has 1 rings (SSSR count). The zero-order valence-corrected chi connectivity index (χ0v) is 38.5. The van der Waals surface area contributed by atoms with Gasteiger partial charge in [-0.25, -0.2) is 4.57 Å². The van der Waals surface area contributed by atoms with Gasteiger partial charge < -0.3 is 44.6 Å². The van der Waals surface area contributed by atoms with Crippen LogP contribution < -0.4 is 5.32 Å². The lowest BCUT2D eigenvalue weighted by Gasteiger charge is -2.43. The Hall–Kier alpha value is -1.64. The number of amides is 1. The highest BCUT2D eigenvalue weighted by atomic mass is 31.2. The van der Waals surface area contributed by atoms with Crippen molar-refractivity contribution in [1.29, 1.82) is 0 Å². The SMILES string of the molecule is CCCCCCCCCCC[C@@H](O)CC(=O)N[C@@H]1[C@@H](OC(=O)C[C@@H](CCCCCCCCCCC)OC(=O)CCCCCCCCCC)[C@H](OP(=O)(O)O)[C@@H](CO)O[C@H]1O. The second kappa shape index (κ2) is 35.8. The lowest BCUT2D eigenvalue weighted by Crippen LogP contribution is -2.65. The van der Waals surface area contributed by atoms with Crippen LogP contribution in [0.1, 0.15) is 220 Å². The number of rotatable bonds is 39. The summed E-state index contributed by atoms with van der Waals surface area (Å²) in [6, 6.07) is -1.58. The van der Waals surface area contributed by atoms with E-state index in [0.29, 0.717) is 25.7 Å². The minimum absolute atomic E-state index is 0.208. The number of carbonyl (C=O) groups excluding carboxylic acids is 3. The Morgan fingerprint density at radius 1 is 0.633 bits per heavy atom. The third-order valence-electron chi connectivity index (χ3n) is 11.3. The standard InChI is InChI=1S/C45H86NO13P/c1-4-7-10-13-16-19-21-24-27-30-36(48)33-39(49)46-42-44(43(59-60(53,54)55)38(35-47)57-45(42)52)58-41(51)34-37(31-28-25-22-20-17-14-11-8-5-2)56-40(50)32-29-26-23-18-15-12-9-6-3/h36-38,42-45,47-48,52H,4-35H2,1-3H3,(H,46,49)(H2,53,54,55)/t36-,37-,38-,42-,43-,44-,45-/m1/s1. The van der Waals surface area contributed by atoms with Crippen LogP contribution in [0.15, 0.2) is 0 Å². The fourth-order valence-electron chi connectivity index (χ4n) is 7.82. The predicted molar refractivity (Wildman–Crippen MR) is 233 cm³/mol. The van der Waals surface area contributed by atoms with Crippen LogP contribution in [0.4, 0.5) is 0 Å². The zero-order valence-electron chi connectivity index (χ0n) is 37.6. The van der Waals surface area contributed by atoms with Gasteiger partial charge in [-0.05, 0) is 25.7 Å². The first-order valence-corrected chi connectivity index (χ1v) is 25.4. The van der Waals surface area contributed by atoms with Crippen LogP contribution in [0.3, 0.4) is 0 Å². The van der Waals surface area contributed by atoms with Gasteiger partial charge in [0.25, 0.3) is 0 Å². The third-order valence-corrected chi connectivity index (χ3v) is 11.8. The molecule has 0 aromatic rings. The number of unbranched alkanes of at least 4 members (excludes halogenated alkanes) is 23. The Morgan fingerprint density at radius 3 is 1.55 bits per heavy atom. The molecule has 0 saturated carbocycles. The number of aliphatic hydroxyl groups excluding tert-OH is 3. The maximum Gasteiger partial charge on any atom is 0.470 e. The van der Waals surface area contributed by atoms with E-state index in [-0.39, 0.29) is 12.8 Å². The summed E-state index contributed by atoms with van der Waals surface area (Å²) < 4.78 is 34.0. The molecule has 0 spiro atoms. The fourth-order valence-corrected chi connectivity index (χ4v) is 8.39. The summed E-state index contributed by atoms with van der Waals surface area (Å²) in [7, 11) is -5.29. The van der Waals surface area contributed by atoms with E-state index in [9.17, 15) is 44.1 Å². The Bertz CT molecular complexity index is 1140. The zero-order chi connectivity index (χ0) is 44.4. The minimum atomic E-state index is -5.29. The molecule has 0 unspecified atom stereocenters. The monoisotopic (exact) mass is 880 g/mol. The van der Waals surface area contributed by atoms with Crippen molar-refractivity contribution in [2.75, 3.05) is 6.61 Å². The highest BCUT2D eigenvalue weighted by Crippen LogP contribution is 2.42. The summed E-state index contributed by atoms with van der Waals surface area (Å²) in [6.45, 7) is 5.68. The first-order chi connectivity index (χ1) is 28.8. The molecule has 14 nitrogen and oxygen atoms in total. The maximum absolute atomic E-state index is 13.7. The highest BCUT2D eigenvalue weighted by molar-refractivity contribution is 7.46. The molecule has 1 heterocycles. The van der Waals surface area contributed by atoms with Crippen LogP contribution in [-0.4, -0.2) is 92.4 Å². The molecule has 15 heteroatoms. The van der Waals surface area contributed by atoms with Crippen molar-refractivity contribution < 1.29 is 62.8 Å². The van der Waals surface area contributed by atoms with Crippen LogP contribution in [0.2, 0.25) is 0 Å². The van der Waals surface area contributed by atoms with E-state index in [1.165, 1.54) is 83.5 Å². The van der Waals surface area contributed by atoms with Crippen molar-refractivity contribution in [3.63, 3.8) is 0 Å². The number of aliphatic hydroxyl groups is 3. The Balaban J connectivity index is 2.98. The number of nitrogens with one attached hydrogen (secondary N) is 1. The molecule has 354 valence electrons. The van der Waals surface area contributed by atoms with Crippen molar-refractivity contribution in [2.24, 2.45) is 0 Å². The highest BCUT2D eigenvalue weighted by Gasteiger charge is 2.51. The number of ether oxygens (including phenoxy) is 3. The van der Waals surface area contributed by atoms with Crippen molar-refractivity contribution in [1.82, 2.24) is 5.32 Å². The average Bonchev–Trinajstić information content (AvgIpc) is 3.19. The topological polar surface area (TPSA) is 218 Å². The van der Waals surface area contributed by atoms with E-state index in [2.05, 4.69) is 26.1 Å². The molecule has 0 bridgehead atoms. The normalized spacial score (nSPS) is 20.4. The van der Waals surface area contributed by atoms with Gasteiger partial charge in [0.1, 0.15) is 24.4 Å². The molecule has 1 aliphatic heterocycles. The Labute approximate surface area is 362 Å². The van der Waals surface area contributed by atoms with Crippen LogP contribution in [0, 0.1) is 0 Å². The minimum Gasteiger partial charge on any atom is -0.462 e. The van der Waals surface area contributed by atoms with Crippen LogP contribution in [0.25, 0.3) is 0 Å². The average molecular weight is 880 g/mol. The molecule has 60 heavy (non-hydrogen) atoms. The predicted octanol–water partition coefficient (Wildman–Crippen LogP) is 9.00. The molecule has 0 radical (unpaired) electrons. The first-order valence-electron chi connectivity index (χ1n) is 23.9. The summed E-state index contributed by atoms with van der Waals surface area (Å²) in [4.78, 5) is 59.3. The van der Waals surface area contributed by atoms with Crippen molar-refractivity contribution in [3.8, 4) is 0 Å². The Morgan fingerprint density at radius 2 is 1.08 bits per heavy atom. The summed E-state index contributed by atoms with van der Waals surface area (Å²) in [5.74, 6) is -2.07. The largest absolute Gasteiger partial charge is 0.470 e. The van der Waals surface area contributed by atoms with Gasteiger partial charge in [0.15, 0.2) is 12.4 Å². The van der Waals surface area contributed by atoms with Gasteiger partial charge >= 0.3 is 19.8 Å². The van der Waals surface area contributed by atoms with Crippen LogP contribution in [-0.2, 0) is 37.7 Å². The molecular weight excluding hydrogens is 793 g/mol. The van der Waals surface area contributed by atoms with Gasteiger partial charge in [0, 0.05) is 6.42 Å². The third kappa shape index (κ3) is 28.9. The van der Waals surface area contributed by atoms with Crippen LogP contribution >= 0.6 is 7.82 Å². The van der Waals surface area contributed by atoms with Crippen molar-refractivity contribution in [3.05, 3.63) is 0 Å². The molecule has 6 N–H and O–H groups in total. The lowest BCUT2D eigenvalue weighted by atomic mass is 9.96. The van der Waals surface area contributed by atoms with Gasteiger partial charge in [-0.1, -0.05) is 175 Å². The number of phosphoric ester groups is 1. The number of phosphoric acid groups is 1. The van der Waals surface area contributed by atoms with Crippen LogP contribution in [0.5, 0.6) is 0 Å². The van der Waals surface area contributed by atoms with Gasteiger partial charge in [0.05, 0.1) is 25.6 Å². The van der Waals surface area contributed by atoms with Gasteiger partial charge in [-0.3, -0.25) is 18.9 Å². The van der Waals surface area contributed by atoms with Gasteiger partial charge in [-0.15, -0.1) is 0 Å². The summed E-state index contributed by atoms with van der Waals surface area (Å²) in [5, 5.41) is 34.1. The van der Waals surface area contributed by atoms with E-state index in [0.717, 1.165) is 70.6 Å². The summed E-state index contributed by atoms with van der Waals surface area (Å²) >= 11 is 0. The molecule has 1 aliphatic rings. The van der Waals surface area contributed by atoms with E-state index >= 15 is 0 Å². The maximum atomic E-state index is 13.7. The van der Waals surface area contributed by atoms with E-state index in [1.807, 2.05) is 0 Å². The fraction of sp³-hybridized carbons (Fsp3) is 0.933. The molecule has 7 atom stereocenters. The van der Waals surface area contributed by atoms with Gasteiger partial charge in [-0.2, -0.15) is 0 Å². The quantitative estimate of drug-likeness (QED) is 0.0193. The lowest BCUT2D eigenvalue weighted by molar-refractivity contribution is -0.256. The molecule has 1 amide bonds. The first kappa shape index (κ1) is 56.4. The number of carbonyl (C=O) groups is 3. The van der Waals surface area contributed by atoms with Crippen molar-refractivity contribution in [2.45, 2.75) is 263 Å². The Kier molecular flexibility index (Phi) is 33.6.